The van der Waals surface area contributed by atoms with Crippen LogP contribution >= 0.6 is 0 Å². The van der Waals surface area contributed by atoms with Gasteiger partial charge in [0.15, 0.2) is 6.10 Å². The molecule has 3 N–H and O–H groups in total. The number of hydrogen-bond donors (Lipinski definition) is 2. The molecule has 1 atom stereocenters. The number of nitrogen functional groups attached to an aromatic ring is 1. The van der Waals surface area contributed by atoms with Gasteiger partial charge in [-0.3, -0.25) is 4.79 Å². The first kappa shape index (κ1) is 21.8. The molecule has 9 nitrogen and oxygen atoms in total. The van der Waals surface area contributed by atoms with Gasteiger partial charge in [-0.05, 0) is 38.5 Å². The Kier molecular flexibility index (Phi) is 4.84. The molecule has 2 aromatic heterocycles. The van der Waals surface area contributed by atoms with E-state index in [-0.39, 0.29) is 30.0 Å². The summed E-state index contributed by atoms with van der Waals surface area (Å²) >= 11 is 0. The molecule has 0 fully saturated rings. The number of benzene rings is 1. The van der Waals surface area contributed by atoms with Gasteiger partial charge in [0.05, 0.1) is 34.7 Å². The van der Waals surface area contributed by atoms with Crippen LogP contribution in [0.25, 0.3) is 28.4 Å². The van der Waals surface area contributed by atoms with Crippen LogP contribution in [-0.2, 0) is 32.2 Å². The molecule has 1 unspecified atom stereocenters. The van der Waals surface area contributed by atoms with Gasteiger partial charge in [-0.25, -0.2) is 14.6 Å². The minimum atomic E-state index is -1.64. The summed E-state index contributed by atoms with van der Waals surface area (Å²) in [5.41, 5.74) is 8.56. The maximum Gasteiger partial charge on any atom is 0.340 e. The molecule has 34 heavy (non-hydrogen) atoms. The van der Waals surface area contributed by atoms with Gasteiger partial charge in [0.1, 0.15) is 12.2 Å². The summed E-state index contributed by atoms with van der Waals surface area (Å²) in [5, 5.41) is 11.2. The molecule has 2 aliphatic heterocycles. The summed E-state index contributed by atoms with van der Waals surface area (Å²) in [6.45, 7) is 5.26. The number of aliphatic hydroxyl groups excluding tert-OH is 1. The Morgan fingerprint density at radius 2 is 2.00 bits per heavy atom. The van der Waals surface area contributed by atoms with Crippen LogP contribution in [0.5, 0.6) is 0 Å². The molecule has 0 radical (unpaired) electrons. The van der Waals surface area contributed by atoms with Crippen molar-refractivity contribution in [3.63, 3.8) is 0 Å². The van der Waals surface area contributed by atoms with Gasteiger partial charge >= 0.3 is 11.9 Å². The summed E-state index contributed by atoms with van der Waals surface area (Å²) in [6, 6.07) is 7.40. The van der Waals surface area contributed by atoms with Gasteiger partial charge in [-0.15, -0.1) is 0 Å². The molecule has 9 heteroatoms. The number of cyclic esters (lactones) is 1. The van der Waals surface area contributed by atoms with Crippen molar-refractivity contribution in [1.29, 1.82) is 0 Å². The summed E-state index contributed by atoms with van der Waals surface area (Å²) in [4.78, 5) is 42.3. The molecule has 0 bridgehead atoms. The van der Waals surface area contributed by atoms with E-state index in [0.29, 0.717) is 28.0 Å². The second kappa shape index (κ2) is 7.53. The summed E-state index contributed by atoms with van der Waals surface area (Å²) in [5.74, 6) is -1.35. The predicted molar refractivity (Wildman–Crippen MR) is 125 cm³/mol. The molecule has 174 valence electrons. The number of para-hydroxylation sites is 1. The van der Waals surface area contributed by atoms with Crippen LogP contribution in [0.3, 0.4) is 0 Å². The first-order chi connectivity index (χ1) is 16.1. The Morgan fingerprint density at radius 1 is 1.26 bits per heavy atom. The number of esters is 2. The Labute approximate surface area is 194 Å². The standard InChI is InChI=1S/C25H23N3O6/c1-25(2,3)34-17(29)9-8-12-13-6-4-5-7-16(13)27-20-14(12)10-28-21(20)19(26)18-15(23(28)31)11-33-24(32)22(18)30/h4-9,22,30H,10-11,26H2,1-3H3/b9-8+. The van der Waals surface area contributed by atoms with Crippen LogP contribution in [0.2, 0.25) is 0 Å². The quantitative estimate of drug-likeness (QED) is 0.343. The molecule has 1 aromatic carbocycles. The van der Waals surface area contributed by atoms with Gasteiger partial charge in [0.25, 0.3) is 5.56 Å². The molecule has 5 rings (SSSR count). The highest BCUT2D eigenvalue weighted by atomic mass is 16.6. The van der Waals surface area contributed by atoms with Crippen molar-refractivity contribution < 1.29 is 24.2 Å². The van der Waals surface area contributed by atoms with Crippen LogP contribution in [-0.4, -0.2) is 32.2 Å². The van der Waals surface area contributed by atoms with E-state index in [2.05, 4.69) is 0 Å². The molecule has 0 amide bonds. The number of hydrogen-bond acceptors (Lipinski definition) is 8. The molecular weight excluding hydrogens is 438 g/mol. The fourth-order valence-electron chi connectivity index (χ4n) is 4.48. The van der Waals surface area contributed by atoms with Crippen LogP contribution in [0.1, 0.15) is 49.1 Å². The van der Waals surface area contributed by atoms with E-state index in [4.69, 9.17) is 20.2 Å². The lowest BCUT2D eigenvalue weighted by Crippen LogP contribution is -2.33. The Hall–Kier alpha value is -3.98. The number of rotatable bonds is 2. The van der Waals surface area contributed by atoms with Gasteiger partial charge in [-0.1, -0.05) is 18.2 Å². The zero-order valence-corrected chi connectivity index (χ0v) is 18.9. The first-order valence-electron chi connectivity index (χ1n) is 10.8. The Morgan fingerprint density at radius 3 is 2.74 bits per heavy atom. The molecule has 0 spiro atoms. The van der Waals surface area contributed by atoms with Crippen molar-refractivity contribution in [3.05, 3.63) is 62.9 Å². The number of nitrogens with zero attached hydrogens (tertiary/aromatic N) is 2. The van der Waals surface area contributed by atoms with E-state index >= 15 is 0 Å². The molecular formula is C25H23N3O6. The van der Waals surface area contributed by atoms with Crippen LogP contribution < -0.4 is 11.3 Å². The average Bonchev–Trinajstić information content (AvgIpc) is 3.15. The van der Waals surface area contributed by atoms with Crippen LogP contribution in [0.4, 0.5) is 5.69 Å². The second-order valence-electron chi connectivity index (χ2n) is 9.29. The zero-order chi connectivity index (χ0) is 24.4. The number of nitrogens with two attached hydrogens (primary N) is 1. The third-order valence-electron chi connectivity index (χ3n) is 5.87. The lowest BCUT2D eigenvalue weighted by molar-refractivity contribution is -0.157. The first-order valence-corrected chi connectivity index (χ1v) is 10.8. The fourth-order valence-corrected chi connectivity index (χ4v) is 4.48. The number of ether oxygens (including phenoxy) is 2. The normalized spacial score (nSPS) is 16.8. The number of aliphatic hydroxyl groups is 1. The number of pyridine rings is 2. The van der Waals surface area contributed by atoms with Gasteiger partial charge in [-0.2, -0.15) is 0 Å². The minimum Gasteiger partial charge on any atom is -0.458 e. The third-order valence-corrected chi connectivity index (χ3v) is 5.87. The van der Waals surface area contributed by atoms with Crippen molar-refractivity contribution in [3.8, 4) is 11.4 Å². The van der Waals surface area contributed by atoms with Crippen molar-refractivity contribution in [2.24, 2.45) is 0 Å². The number of carbonyl (C=O) groups is 2. The fraction of sp³-hybridized carbons (Fsp3) is 0.280. The lowest BCUT2D eigenvalue weighted by atomic mass is 9.96. The lowest BCUT2D eigenvalue weighted by Gasteiger charge is -2.23. The predicted octanol–water partition coefficient (Wildman–Crippen LogP) is 2.45. The second-order valence-corrected chi connectivity index (χ2v) is 9.29. The van der Waals surface area contributed by atoms with E-state index in [1.54, 1.807) is 26.8 Å². The molecule has 3 aromatic rings. The van der Waals surface area contributed by atoms with Crippen molar-refractivity contribution in [1.82, 2.24) is 9.55 Å². The van der Waals surface area contributed by atoms with E-state index in [1.807, 2.05) is 24.3 Å². The van der Waals surface area contributed by atoms with E-state index in [9.17, 15) is 19.5 Å². The summed E-state index contributed by atoms with van der Waals surface area (Å²) in [7, 11) is 0. The van der Waals surface area contributed by atoms with Crippen LogP contribution in [0, 0.1) is 0 Å². The minimum absolute atomic E-state index is 0.0705. The van der Waals surface area contributed by atoms with E-state index in [0.717, 1.165) is 5.39 Å². The SMILES string of the molecule is CC(C)(C)OC(=O)/C=C/c1c2c(nc3ccccc13)-c1c(N)c3c(c(=O)n1C2)COC(=O)C3O. The van der Waals surface area contributed by atoms with Gasteiger partial charge in [0.2, 0.25) is 0 Å². The van der Waals surface area contributed by atoms with Crippen molar-refractivity contribution in [2.45, 2.75) is 45.6 Å². The van der Waals surface area contributed by atoms with Crippen LogP contribution in [0.15, 0.2) is 35.1 Å². The van der Waals surface area contributed by atoms with Crippen molar-refractivity contribution in [2.75, 3.05) is 5.73 Å². The Balaban J connectivity index is 1.74. The van der Waals surface area contributed by atoms with Gasteiger partial charge in [0, 0.05) is 22.6 Å². The summed E-state index contributed by atoms with van der Waals surface area (Å²) < 4.78 is 11.8. The third kappa shape index (κ3) is 3.36. The highest BCUT2D eigenvalue weighted by Crippen LogP contribution is 2.42. The largest absolute Gasteiger partial charge is 0.458 e. The zero-order valence-electron chi connectivity index (χ0n) is 18.9. The number of aromatic nitrogens is 2. The average molecular weight is 461 g/mol. The monoisotopic (exact) mass is 461 g/mol. The smallest absolute Gasteiger partial charge is 0.340 e. The van der Waals surface area contributed by atoms with E-state index in [1.165, 1.54) is 10.6 Å². The molecule has 4 heterocycles. The van der Waals surface area contributed by atoms with Gasteiger partial charge < -0.3 is 24.9 Å². The number of anilines is 1. The highest BCUT2D eigenvalue weighted by molar-refractivity contribution is 5.98. The Bertz CT molecular complexity index is 1480. The number of carbonyl (C=O) groups excluding carboxylic acids is 2. The highest BCUT2D eigenvalue weighted by Gasteiger charge is 2.37. The maximum atomic E-state index is 13.3. The molecule has 0 aliphatic carbocycles. The summed E-state index contributed by atoms with van der Waals surface area (Å²) in [6.07, 6.45) is 1.37. The maximum absolute atomic E-state index is 13.3. The topological polar surface area (TPSA) is 134 Å². The molecule has 2 aliphatic rings. The van der Waals surface area contributed by atoms with Crippen molar-refractivity contribution >= 4 is 34.6 Å². The van der Waals surface area contributed by atoms with E-state index < -0.39 is 29.2 Å². The number of fused-ring (bicyclic) bond motifs is 5. The molecule has 0 saturated carbocycles. The molecule has 0 saturated heterocycles.